The number of nitrogens with one attached hydrogen (secondary N) is 1. The average molecular weight is 197 g/mol. The molecular weight excluding hydrogens is 170 g/mol. The number of rotatable bonds is 7. The second kappa shape index (κ2) is 5.75. The lowest BCUT2D eigenvalue weighted by molar-refractivity contribution is 0.108. The molecule has 1 rings (SSSR count). The van der Waals surface area contributed by atoms with E-state index in [1.807, 2.05) is 0 Å². The van der Waals surface area contributed by atoms with Crippen molar-refractivity contribution in [2.75, 3.05) is 13.1 Å². The van der Waals surface area contributed by atoms with E-state index in [-0.39, 0.29) is 0 Å². The van der Waals surface area contributed by atoms with Crippen LogP contribution in [0.1, 0.15) is 59.3 Å². The van der Waals surface area contributed by atoms with Crippen LogP contribution < -0.4 is 5.32 Å². The molecule has 0 aromatic carbocycles. The highest BCUT2D eigenvalue weighted by Crippen LogP contribution is 2.44. The molecule has 1 nitrogen and oxygen atoms in total. The summed E-state index contributed by atoms with van der Waals surface area (Å²) in [6, 6.07) is 0. The Morgan fingerprint density at radius 2 is 2.00 bits per heavy atom. The van der Waals surface area contributed by atoms with E-state index in [1.54, 1.807) is 0 Å². The first-order chi connectivity index (χ1) is 6.68. The molecule has 0 unspecified atom stereocenters. The summed E-state index contributed by atoms with van der Waals surface area (Å²) >= 11 is 0. The van der Waals surface area contributed by atoms with Gasteiger partial charge in [-0.25, -0.2) is 0 Å². The summed E-state index contributed by atoms with van der Waals surface area (Å²) in [6.45, 7) is 9.39. The first-order valence-electron chi connectivity index (χ1n) is 6.39. The highest BCUT2D eigenvalue weighted by atomic mass is 14.9. The topological polar surface area (TPSA) is 12.0 Å². The molecule has 1 aliphatic rings. The van der Waals surface area contributed by atoms with Crippen LogP contribution in [0.2, 0.25) is 0 Å². The van der Waals surface area contributed by atoms with Crippen LogP contribution in [-0.2, 0) is 0 Å². The fourth-order valence-electron chi connectivity index (χ4n) is 2.32. The molecule has 0 amide bonds. The summed E-state index contributed by atoms with van der Waals surface area (Å²) in [7, 11) is 0. The summed E-state index contributed by atoms with van der Waals surface area (Å²) in [4.78, 5) is 0. The molecule has 1 heteroatoms. The van der Waals surface area contributed by atoms with Crippen molar-refractivity contribution in [2.24, 2.45) is 11.3 Å². The van der Waals surface area contributed by atoms with Gasteiger partial charge < -0.3 is 5.32 Å². The Bertz CT molecular complexity index is 147. The largest absolute Gasteiger partial charge is 0.316 e. The van der Waals surface area contributed by atoms with Gasteiger partial charge in [-0.05, 0) is 43.6 Å². The minimum atomic E-state index is 0.694. The van der Waals surface area contributed by atoms with Crippen LogP contribution in [0, 0.1) is 11.3 Å². The lowest BCUT2D eigenvalue weighted by atomic mass is 9.65. The third kappa shape index (κ3) is 3.61. The molecule has 0 aromatic rings. The monoisotopic (exact) mass is 197 g/mol. The Morgan fingerprint density at radius 1 is 1.29 bits per heavy atom. The average Bonchev–Trinajstić information content (AvgIpc) is 2.08. The van der Waals surface area contributed by atoms with Gasteiger partial charge in [-0.15, -0.1) is 0 Å². The van der Waals surface area contributed by atoms with E-state index in [1.165, 1.54) is 51.6 Å². The molecule has 0 bridgehead atoms. The van der Waals surface area contributed by atoms with Crippen molar-refractivity contribution >= 4 is 0 Å². The van der Waals surface area contributed by atoms with Gasteiger partial charge in [0.15, 0.2) is 0 Å². The maximum absolute atomic E-state index is 3.60. The summed E-state index contributed by atoms with van der Waals surface area (Å²) in [5.74, 6) is 0.874. The van der Waals surface area contributed by atoms with Crippen molar-refractivity contribution in [3.63, 3.8) is 0 Å². The smallest absolute Gasteiger partial charge is 0.000780 e. The molecule has 0 atom stereocenters. The molecule has 1 N–H and O–H groups in total. The van der Waals surface area contributed by atoms with Gasteiger partial charge in [0.25, 0.3) is 0 Å². The quantitative estimate of drug-likeness (QED) is 0.615. The van der Waals surface area contributed by atoms with E-state index >= 15 is 0 Å². The Hall–Kier alpha value is -0.0400. The summed E-state index contributed by atoms with van der Waals surface area (Å²) in [6.07, 6.45) is 8.52. The first kappa shape index (κ1) is 12.0. The Labute approximate surface area is 89.7 Å². The van der Waals surface area contributed by atoms with Gasteiger partial charge in [0.1, 0.15) is 0 Å². The fraction of sp³-hybridized carbons (Fsp3) is 1.00. The number of hydrogen-bond donors (Lipinski definition) is 1. The van der Waals surface area contributed by atoms with Crippen LogP contribution in [0.5, 0.6) is 0 Å². The molecule has 14 heavy (non-hydrogen) atoms. The first-order valence-corrected chi connectivity index (χ1v) is 6.39. The third-order valence-corrected chi connectivity index (χ3v) is 3.59. The molecule has 1 aliphatic carbocycles. The van der Waals surface area contributed by atoms with E-state index in [2.05, 4.69) is 26.1 Å². The van der Waals surface area contributed by atoms with Crippen LogP contribution in [0.4, 0.5) is 0 Å². The zero-order chi connectivity index (χ0) is 10.4. The van der Waals surface area contributed by atoms with Crippen molar-refractivity contribution in [3.8, 4) is 0 Å². The normalized spacial score (nSPS) is 19.7. The molecule has 0 radical (unpaired) electrons. The zero-order valence-electron chi connectivity index (χ0n) is 10.2. The lowest BCUT2D eigenvalue weighted by Crippen LogP contribution is -2.40. The van der Waals surface area contributed by atoms with Crippen LogP contribution >= 0.6 is 0 Å². The van der Waals surface area contributed by atoms with Gasteiger partial charge in [-0.1, -0.05) is 33.6 Å². The van der Waals surface area contributed by atoms with Crippen LogP contribution in [0.15, 0.2) is 0 Å². The van der Waals surface area contributed by atoms with Crippen molar-refractivity contribution in [1.29, 1.82) is 0 Å². The van der Waals surface area contributed by atoms with Crippen LogP contribution in [0.3, 0.4) is 0 Å². The predicted octanol–water partition coefficient (Wildman–Crippen LogP) is 3.59. The van der Waals surface area contributed by atoms with Crippen molar-refractivity contribution in [1.82, 2.24) is 5.32 Å². The van der Waals surface area contributed by atoms with E-state index in [0.29, 0.717) is 5.41 Å². The lowest BCUT2D eigenvalue weighted by Gasteiger charge is -2.43. The molecule has 0 heterocycles. The molecule has 1 fully saturated rings. The van der Waals surface area contributed by atoms with E-state index in [0.717, 1.165) is 5.92 Å². The van der Waals surface area contributed by atoms with Gasteiger partial charge in [0.05, 0.1) is 0 Å². The predicted molar refractivity (Wildman–Crippen MR) is 63.5 cm³/mol. The Morgan fingerprint density at radius 3 is 2.43 bits per heavy atom. The zero-order valence-corrected chi connectivity index (χ0v) is 10.2. The number of hydrogen-bond acceptors (Lipinski definition) is 1. The van der Waals surface area contributed by atoms with Crippen LogP contribution in [0.25, 0.3) is 0 Å². The van der Waals surface area contributed by atoms with Crippen molar-refractivity contribution in [3.05, 3.63) is 0 Å². The Kier molecular flexibility index (Phi) is 4.94. The van der Waals surface area contributed by atoms with Gasteiger partial charge in [-0.3, -0.25) is 0 Å². The minimum Gasteiger partial charge on any atom is -0.316 e. The standard InChI is InChI=1S/C13H27N/c1-4-10-14-11-13(7-5-8-13)9-6-12(2)3/h12,14H,4-11H2,1-3H3. The molecule has 1 saturated carbocycles. The second-order valence-electron chi connectivity index (χ2n) is 5.46. The molecule has 0 saturated heterocycles. The molecule has 0 spiro atoms. The molecule has 0 aliphatic heterocycles. The van der Waals surface area contributed by atoms with E-state index in [4.69, 9.17) is 0 Å². The van der Waals surface area contributed by atoms with E-state index in [9.17, 15) is 0 Å². The second-order valence-corrected chi connectivity index (χ2v) is 5.46. The van der Waals surface area contributed by atoms with Gasteiger partial charge in [0.2, 0.25) is 0 Å². The van der Waals surface area contributed by atoms with Crippen LogP contribution in [-0.4, -0.2) is 13.1 Å². The fourth-order valence-corrected chi connectivity index (χ4v) is 2.32. The molecule has 84 valence electrons. The van der Waals surface area contributed by atoms with Gasteiger partial charge >= 0.3 is 0 Å². The summed E-state index contributed by atoms with van der Waals surface area (Å²) < 4.78 is 0. The van der Waals surface area contributed by atoms with Crippen molar-refractivity contribution < 1.29 is 0 Å². The highest BCUT2D eigenvalue weighted by Gasteiger charge is 2.35. The highest BCUT2D eigenvalue weighted by molar-refractivity contribution is 4.89. The molecular formula is C13H27N. The SMILES string of the molecule is CCCNCC1(CCC(C)C)CCC1. The maximum Gasteiger partial charge on any atom is 0.000780 e. The van der Waals surface area contributed by atoms with E-state index < -0.39 is 0 Å². The summed E-state index contributed by atoms with van der Waals surface area (Å²) in [5.41, 5.74) is 0.694. The third-order valence-electron chi connectivity index (χ3n) is 3.59. The van der Waals surface area contributed by atoms with Gasteiger partial charge in [0, 0.05) is 6.54 Å². The van der Waals surface area contributed by atoms with Gasteiger partial charge in [-0.2, -0.15) is 0 Å². The maximum atomic E-state index is 3.60. The summed E-state index contributed by atoms with van der Waals surface area (Å²) in [5, 5.41) is 3.60. The molecule has 0 aromatic heterocycles. The van der Waals surface area contributed by atoms with Crippen molar-refractivity contribution in [2.45, 2.75) is 59.3 Å². The Balaban J connectivity index is 2.19. The minimum absolute atomic E-state index is 0.694.